The minimum atomic E-state index is -0.176. The molecule has 1 heterocycles. The number of hydrogen-bond donors (Lipinski definition) is 1. The average Bonchev–Trinajstić information content (AvgIpc) is 2.30. The molecule has 1 atom stereocenters. The molecule has 0 bridgehead atoms. The van der Waals surface area contributed by atoms with Gasteiger partial charge < -0.3 is 15.2 Å². The van der Waals surface area contributed by atoms with Gasteiger partial charge in [-0.2, -0.15) is 0 Å². The van der Waals surface area contributed by atoms with E-state index in [9.17, 15) is 9.59 Å². The van der Waals surface area contributed by atoms with Crippen LogP contribution < -0.4 is 11.3 Å². The third-order valence-electron chi connectivity index (χ3n) is 2.60. The highest BCUT2D eigenvalue weighted by atomic mass is 16.2. The second-order valence-corrected chi connectivity index (χ2v) is 3.76. The molecular formula is C11H17N3O2. The lowest BCUT2D eigenvalue weighted by molar-refractivity contribution is -0.132. The fourth-order valence-electron chi connectivity index (χ4n) is 1.25. The quantitative estimate of drug-likeness (QED) is 0.759. The van der Waals surface area contributed by atoms with E-state index in [1.54, 1.807) is 30.3 Å². The molecule has 5 heteroatoms. The van der Waals surface area contributed by atoms with Crippen LogP contribution in [0, 0.1) is 0 Å². The van der Waals surface area contributed by atoms with E-state index in [0.29, 0.717) is 6.54 Å². The number of amides is 1. The molecule has 0 aliphatic carbocycles. The molecular weight excluding hydrogens is 206 g/mol. The van der Waals surface area contributed by atoms with Gasteiger partial charge in [0.05, 0.1) is 0 Å². The van der Waals surface area contributed by atoms with Gasteiger partial charge in [0.1, 0.15) is 6.54 Å². The van der Waals surface area contributed by atoms with Crippen LogP contribution in [-0.2, 0) is 11.3 Å². The van der Waals surface area contributed by atoms with Crippen molar-refractivity contribution in [3.8, 4) is 0 Å². The number of rotatable bonds is 4. The summed E-state index contributed by atoms with van der Waals surface area (Å²) in [4.78, 5) is 24.7. The first kappa shape index (κ1) is 12.4. The molecule has 0 aliphatic rings. The molecule has 0 aromatic carbocycles. The summed E-state index contributed by atoms with van der Waals surface area (Å²) in [6, 6.07) is 4.78. The maximum Gasteiger partial charge on any atom is 0.250 e. The summed E-state index contributed by atoms with van der Waals surface area (Å²) in [6.45, 7) is 2.33. The van der Waals surface area contributed by atoms with E-state index in [1.165, 1.54) is 10.6 Å². The molecule has 0 spiro atoms. The Labute approximate surface area is 94.5 Å². The zero-order chi connectivity index (χ0) is 12.1. The lowest BCUT2D eigenvalue weighted by Crippen LogP contribution is -2.42. The standard InChI is InChI=1S/C11H17N3O2/c1-9(7-12)13(2)11(16)8-14-6-4-3-5-10(14)15/h3-6,9H,7-8,12H2,1-2H3. The highest BCUT2D eigenvalue weighted by Crippen LogP contribution is 1.95. The van der Waals surface area contributed by atoms with Crippen molar-refractivity contribution in [1.82, 2.24) is 9.47 Å². The van der Waals surface area contributed by atoms with E-state index >= 15 is 0 Å². The van der Waals surface area contributed by atoms with Crippen molar-refractivity contribution >= 4 is 5.91 Å². The lowest BCUT2D eigenvalue weighted by atomic mass is 10.3. The largest absolute Gasteiger partial charge is 0.340 e. The summed E-state index contributed by atoms with van der Waals surface area (Å²) >= 11 is 0. The van der Waals surface area contributed by atoms with Gasteiger partial charge >= 0.3 is 0 Å². The van der Waals surface area contributed by atoms with Crippen LogP contribution in [0.1, 0.15) is 6.92 Å². The summed E-state index contributed by atoms with van der Waals surface area (Å²) in [5, 5.41) is 0. The minimum absolute atomic E-state index is 0.0214. The Morgan fingerprint density at radius 3 is 2.81 bits per heavy atom. The number of hydrogen-bond acceptors (Lipinski definition) is 3. The number of nitrogens with two attached hydrogens (primary N) is 1. The van der Waals surface area contributed by atoms with Gasteiger partial charge in [-0.25, -0.2) is 0 Å². The Morgan fingerprint density at radius 1 is 1.56 bits per heavy atom. The van der Waals surface area contributed by atoms with E-state index < -0.39 is 0 Å². The molecule has 1 aromatic heterocycles. The number of pyridine rings is 1. The molecule has 0 saturated heterocycles. The maximum absolute atomic E-state index is 11.8. The predicted octanol–water partition coefficient (Wildman–Crippen LogP) is -0.346. The maximum atomic E-state index is 11.8. The molecule has 0 fully saturated rings. The summed E-state index contributed by atoms with van der Waals surface area (Å²) in [5.74, 6) is -0.119. The number of carbonyl (C=O) groups excluding carboxylic acids is 1. The molecule has 16 heavy (non-hydrogen) atoms. The van der Waals surface area contributed by atoms with Crippen LogP contribution in [0.3, 0.4) is 0 Å². The second-order valence-electron chi connectivity index (χ2n) is 3.76. The molecule has 0 saturated carbocycles. The first-order chi connectivity index (χ1) is 7.56. The second kappa shape index (κ2) is 5.46. The average molecular weight is 223 g/mol. The Morgan fingerprint density at radius 2 is 2.25 bits per heavy atom. The normalized spacial score (nSPS) is 12.2. The van der Waals surface area contributed by atoms with Gasteiger partial charge in [-0.3, -0.25) is 9.59 Å². The van der Waals surface area contributed by atoms with E-state index in [2.05, 4.69) is 0 Å². The van der Waals surface area contributed by atoms with Crippen LogP contribution >= 0.6 is 0 Å². The highest BCUT2D eigenvalue weighted by molar-refractivity contribution is 5.76. The minimum Gasteiger partial charge on any atom is -0.340 e. The van der Waals surface area contributed by atoms with Crippen LogP contribution in [0.2, 0.25) is 0 Å². The molecule has 5 nitrogen and oxygen atoms in total. The summed E-state index contributed by atoms with van der Waals surface area (Å²) in [5.41, 5.74) is 5.30. The van der Waals surface area contributed by atoms with Crippen molar-refractivity contribution < 1.29 is 4.79 Å². The Bertz CT molecular complexity index is 414. The molecule has 88 valence electrons. The van der Waals surface area contributed by atoms with E-state index in [1.807, 2.05) is 6.92 Å². The third kappa shape index (κ3) is 2.93. The van der Waals surface area contributed by atoms with Crippen molar-refractivity contribution in [3.63, 3.8) is 0 Å². The first-order valence-corrected chi connectivity index (χ1v) is 5.17. The number of likely N-dealkylation sites (N-methyl/N-ethyl adjacent to an activating group) is 1. The lowest BCUT2D eigenvalue weighted by Gasteiger charge is -2.23. The molecule has 1 rings (SSSR count). The SMILES string of the molecule is CC(CN)N(C)C(=O)Cn1ccccc1=O. The molecule has 0 aliphatic heterocycles. The van der Waals surface area contributed by atoms with E-state index in [0.717, 1.165) is 0 Å². The van der Waals surface area contributed by atoms with Gasteiger partial charge in [0.15, 0.2) is 0 Å². The van der Waals surface area contributed by atoms with Crippen molar-refractivity contribution in [2.24, 2.45) is 5.73 Å². The van der Waals surface area contributed by atoms with Crippen LogP contribution in [0.15, 0.2) is 29.2 Å². The Balaban J connectivity index is 2.72. The van der Waals surface area contributed by atoms with Gasteiger partial charge in [-0.15, -0.1) is 0 Å². The van der Waals surface area contributed by atoms with E-state index in [4.69, 9.17) is 5.73 Å². The smallest absolute Gasteiger partial charge is 0.250 e. The van der Waals surface area contributed by atoms with Crippen molar-refractivity contribution in [2.45, 2.75) is 19.5 Å². The van der Waals surface area contributed by atoms with Gasteiger partial charge in [0.25, 0.3) is 5.56 Å². The predicted molar refractivity (Wildman–Crippen MR) is 62.0 cm³/mol. The van der Waals surface area contributed by atoms with E-state index in [-0.39, 0.29) is 24.1 Å². The molecule has 2 N–H and O–H groups in total. The van der Waals surface area contributed by atoms with Crippen LogP contribution in [-0.4, -0.2) is 35.0 Å². The fourth-order valence-corrected chi connectivity index (χ4v) is 1.25. The summed E-state index contributed by atoms with van der Waals surface area (Å²) in [7, 11) is 1.69. The molecule has 0 radical (unpaired) electrons. The number of nitrogens with zero attached hydrogens (tertiary/aromatic N) is 2. The van der Waals surface area contributed by atoms with Gasteiger partial charge in [-0.05, 0) is 13.0 Å². The highest BCUT2D eigenvalue weighted by Gasteiger charge is 2.14. The van der Waals surface area contributed by atoms with Crippen molar-refractivity contribution in [2.75, 3.05) is 13.6 Å². The third-order valence-corrected chi connectivity index (χ3v) is 2.60. The van der Waals surface area contributed by atoms with Crippen LogP contribution in [0.25, 0.3) is 0 Å². The van der Waals surface area contributed by atoms with Crippen LogP contribution in [0.5, 0.6) is 0 Å². The topological polar surface area (TPSA) is 68.3 Å². The number of carbonyl (C=O) groups is 1. The fraction of sp³-hybridized carbons (Fsp3) is 0.455. The van der Waals surface area contributed by atoms with Gasteiger partial charge in [0, 0.05) is 31.9 Å². The molecule has 1 aromatic rings. The van der Waals surface area contributed by atoms with Crippen molar-refractivity contribution in [3.05, 3.63) is 34.7 Å². The van der Waals surface area contributed by atoms with Crippen molar-refractivity contribution in [1.29, 1.82) is 0 Å². The Kier molecular flexibility index (Phi) is 4.25. The number of aromatic nitrogens is 1. The first-order valence-electron chi connectivity index (χ1n) is 5.17. The molecule has 1 unspecified atom stereocenters. The molecule has 1 amide bonds. The van der Waals surface area contributed by atoms with Crippen LogP contribution in [0.4, 0.5) is 0 Å². The van der Waals surface area contributed by atoms with Gasteiger partial charge in [0.2, 0.25) is 5.91 Å². The Hall–Kier alpha value is -1.62. The zero-order valence-electron chi connectivity index (χ0n) is 9.59. The summed E-state index contributed by atoms with van der Waals surface area (Å²) in [6.07, 6.45) is 1.60. The zero-order valence-corrected chi connectivity index (χ0v) is 9.59. The van der Waals surface area contributed by atoms with Gasteiger partial charge in [-0.1, -0.05) is 6.07 Å². The summed E-state index contributed by atoms with van der Waals surface area (Å²) < 4.78 is 1.38. The monoisotopic (exact) mass is 223 g/mol.